The van der Waals surface area contributed by atoms with E-state index in [0.717, 1.165) is 12.1 Å². The lowest BCUT2D eigenvalue weighted by Gasteiger charge is -2.10. The van der Waals surface area contributed by atoms with Crippen LogP contribution < -0.4 is 4.72 Å². The Bertz CT molecular complexity index is 788. The van der Waals surface area contributed by atoms with E-state index in [-0.39, 0.29) is 0 Å². The fourth-order valence-electron chi connectivity index (χ4n) is 1.51. The maximum atomic E-state index is 13.4. The van der Waals surface area contributed by atoms with E-state index in [9.17, 15) is 30.4 Å². The molecule has 0 atom stereocenters. The van der Waals surface area contributed by atoms with Crippen molar-refractivity contribution in [2.24, 2.45) is 0 Å². The van der Waals surface area contributed by atoms with Crippen molar-refractivity contribution in [2.45, 2.75) is 11.1 Å². The van der Waals surface area contributed by atoms with Crippen LogP contribution in [0.5, 0.6) is 0 Å². The molecule has 10 heteroatoms. The predicted octanol–water partition coefficient (Wildman–Crippen LogP) is 3.18. The fraction of sp³-hybridized carbons (Fsp3) is 0.0833. The Balaban J connectivity index is 2.29. The summed E-state index contributed by atoms with van der Waals surface area (Å²) in [6.07, 6.45) is -4.19. The highest BCUT2D eigenvalue weighted by Gasteiger charge is 2.31. The van der Waals surface area contributed by atoms with Crippen molar-refractivity contribution < 1.29 is 30.4 Å². The SMILES string of the molecule is O=S(=O)(Nc1ccc(C(F)(F)F)cn1)c1ccc(F)cc1F. The zero-order valence-electron chi connectivity index (χ0n) is 10.5. The van der Waals surface area contributed by atoms with Gasteiger partial charge in [0.15, 0.2) is 0 Å². The summed E-state index contributed by atoms with van der Waals surface area (Å²) in [5.74, 6) is -2.74. The van der Waals surface area contributed by atoms with E-state index in [4.69, 9.17) is 0 Å². The van der Waals surface area contributed by atoms with E-state index in [1.54, 1.807) is 4.72 Å². The number of hydrogen-bond donors (Lipinski definition) is 1. The number of hydrogen-bond acceptors (Lipinski definition) is 3. The molecule has 1 aromatic heterocycles. The smallest absolute Gasteiger partial charge is 0.263 e. The molecule has 0 amide bonds. The third-order valence-corrected chi connectivity index (χ3v) is 3.90. The Morgan fingerprint density at radius 3 is 2.23 bits per heavy atom. The molecule has 0 saturated carbocycles. The largest absolute Gasteiger partial charge is 0.417 e. The van der Waals surface area contributed by atoms with Gasteiger partial charge in [-0.1, -0.05) is 0 Å². The Morgan fingerprint density at radius 1 is 1.05 bits per heavy atom. The van der Waals surface area contributed by atoms with Crippen LogP contribution in [0.25, 0.3) is 0 Å². The van der Waals surface area contributed by atoms with Crippen molar-refractivity contribution in [2.75, 3.05) is 4.72 Å². The number of rotatable bonds is 3. The Morgan fingerprint density at radius 2 is 1.73 bits per heavy atom. The number of nitrogens with zero attached hydrogens (tertiary/aromatic N) is 1. The predicted molar refractivity (Wildman–Crippen MR) is 66.4 cm³/mol. The van der Waals surface area contributed by atoms with Crippen molar-refractivity contribution >= 4 is 15.8 Å². The van der Waals surface area contributed by atoms with E-state index in [2.05, 4.69) is 4.98 Å². The molecule has 2 rings (SSSR count). The molecule has 0 fully saturated rings. The quantitative estimate of drug-likeness (QED) is 0.875. The molecule has 2 aromatic rings. The highest BCUT2D eigenvalue weighted by Crippen LogP contribution is 2.29. The van der Waals surface area contributed by atoms with Crippen LogP contribution in [-0.2, 0) is 16.2 Å². The molecule has 4 nitrogen and oxygen atoms in total. The van der Waals surface area contributed by atoms with E-state index < -0.39 is 44.1 Å². The third-order valence-electron chi connectivity index (χ3n) is 2.51. The number of sulfonamides is 1. The molecule has 0 unspecified atom stereocenters. The van der Waals surface area contributed by atoms with Crippen LogP contribution in [-0.4, -0.2) is 13.4 Å². The second-order valence-corrected chi connectivity index (χ2v) is 5.76. The van der Waals surface area contributed by atoms with Crippen LogP contribution >= 0.6 is 0 Å². The minimum absolute atomic E-state index is 0.370. The number of pyridine rings is 1. The molecule has 0 radical (unpaired) electrons. The number of aromatic nitrogens is 1. The molecule has 118 valence electrons. The van der Waals surface area contributed by atoms with E-state index in [0.29, 0.717) is 24.4 Å². The zero-order chi connectivity index (χ0) is 16.5. The second kappa shape index (κ2) is 5.52. The average molecular weight is 338 g/mol. The number of benzene rings is 1. The molecular formula is C12H7F5N2O2S. The Labute approximate surface area is 121 Å². The van der Waals surface area contributed by atoms with Crippen molar-refractivity contribution in [1.82, 2.24) is 4.98 Å². The normalized spacial score (nSPS) is 12.2. The lowest BCUT2D eigenvalue weighted by Crippen LogP contribution is -2.16. The van der Waals surface area contributed by atoms with Crippen molar-refractivity contribution in [1.29, 1.82) is 0 Å². The summed E-state index contributed by atoms with van der Waals surface area (Å²) >= 11 is 0. The summed E-state index contributed by atoms with van der Waals surface area (Å²) in [7, 11) is -4.44. The summed E-state index contributed by atoms with van der Waals surface area (Å²) in [5, 5.41) is 0. The van der Waals surface area contributed by atoms with Gasteiger partial charge in [0, 0.05) is 12.3 Å². The fourth-order valence-corrected chi connectivity index (χ4v) is 2.58. The third kappa shape index (κ3) is 3.50. The molecular weight excluding hydrogens is 331 g/mol. The second-order valence-electron chi connectivity index (χ2n) is 4.11. The van der Waals surface area contributed by atoms with Gasteiger partial charge >= 0.3 is 6.18 Å². The van der Waals surface area contributed by atoms with Gasteiger partial charge in [-0.3, -0.25) is 4.72 Å². The van der Waals surface area contributed by atoms with E-state index >= 15 is 0 Å². The molecule has 0 aliphatic heterocycles. The molecule has 0 saturated heterocycles. The zero-order valence-corrected chi connectivity index (χ0v) is 11.3. The minimum Gasteiger partial charge on any atom is -0.263 e. The van der Waals surface area contributed by atoms with E-state index in [1.165, 1.54) is 0 Å². The topological polar surface area (TPSA) is 59.1 Å². The minimum atomic E-state index is -4.62. The molecule has 1 heterocycles. The van der Waals surface area contributed by atoms with Gasteiger partial charge in [-0.2, -0.15) is 13.2 Å². The summed E-state index contributed by atoms with van der Waals surface area (Å²) in [6.45, 7) is 0. The Kier molecular flexibility index (Phi) is 4.05. The first-order valence-corrected chi connectivity index (χ1v) is 7.09. The van der Waals surface area contributed by atoms with Gasteiger partial charge < -0.3 is 0 Å². The average Bonchev–Trinajstić information content (AvgIpc) is 2.37. The molecule has 0 aliphatic carbocycles. The van der Waals surface area contributed by atoms with Gasteiger partial charge in [-0.05, 0) is 24.3 Å². The number of alkyl halides is 3. The van der Waals surface area contributed by atoms with Crippen LogP contribution in [0.3, 0.4) is 0 Å². The maximum Gasteiger partial charge on any atom is 0.417 e. The van der Waals surface area contributed by atoms with Crippen molar-refractivity contribution in [3.05, 3.63) is 53.7 Å². The molecule has 0 spiro atoms. The summed E-state index contributed by atoms with van der Waals surface area (Å²) < 4.78 is 88.8. The van der Waals surface area contributed by atoms with Gasteiger partial charge in [0.1, 0.15) is 22.3 Å². The lowest BCUT2D eigenvalue weighted by atomic mass is 10.3. The summed E-state index contributed by atoms with van der Waals surface area (Å²) in [4.78, 5) is 2.44. The van der Waals surface area contributed by atoms with Crippen molar-refractivity contribution in [3.63, 3.8) is 0 Å². The molecule has 1 N–H and O–H groups in total. The molecule has 22 heavy (non-hydrogen) atoms. The Hall–Kier alpha value is -2.23. The maximum absolute atomic E-state index is 13.4. The molecule has 1 aromatic carbocycles. The number of anilines is 1. The highest BCUT2D eigenvalue weighted by molar-refractivity contribution is 7.92. The molecule has 0 aliphatic rings. The lowest BCUT2D eigenvalue weighted by molar-refractivity contribution is -0.137. The van der Waals surface area contributed by atoms with Gasteiger partial charge in [-0.15, -0.1) is 0 Å². The monoisotopic (exact) mass is 338 g/mol. The summed E-state index contributed by atoms with van der Waals surface area (Å²) in [6, 6.07) is 3.19. The van der Waals surface area contributed by atoms with Gasteiger partial charge in [0.05, 0.1) is 5.56 Å². The van der Waals surface area contributed by atoms with Gasteiger partial charge in [0.25, 0.3) is 10.0 Å². The van der Waals surface area contributed by atoms with Crippen LogP contribution in [0.15, 0.2) is 41.4 Å². The van der Waals surface area contributed by atoms with Crippen LogP contribution in [0, 0.1) is 11.6 Å². The summed E-state index contributed by atoms with van der Waals surface area (Å²) in [5.41, 5.74) is -1.07. The first kappa shape index (κ1) is 16.1. The van der Waals surface area contributed by atoms with Gasteiger partial charge in [0.2, 0.25) is 0 Å². The van der Waals surface area contributed by atoms with Crippen molar-refractivity contribution in [3.8, 4) is 0 Å². The highest BCUT2D eigenvalue weighted by atomic mass is 32.2. The van der Waals surface area contributed by atoms with E-state index in [1.807, 2.05) is 0 Å². The van der Waals surface area contributed by atoms with Crippen LogP contribution in [0.4, 0.5) is 27.8 Å². The van der Waals surface area contributed by atoms with Gasteiger partial charge in [-0.25, -0.2) is 22.2 Å². The number of halogens is 5. The standard InChI is InChI=1S/C12H7F5N2O2S/c13-8-2-3-10(9(14)5-8)22(20,21)19-11-4-1-7(6-18-11)12(15,16)17/h1-6H,(H,18,19). The number of nitrogens with one attached hydrogen (secondary N) is 1. The first-order valence-electron chi connectivity index (χ1n) is 5.61. The first-order chi connectivity index (χ1) is 10.1. The van der Waals surface area contributed by atoms with Crippen LogP contribution in [0.1, 0.15) is 5.56 Å². The van der Waals surface area contributed by atoms with Crippen LogP contribution in [0.2, 0.25) is 0 Å². The molecule has 0 bridgehead atoms.